The predicted molar refractivity (Wildman–Crippen MR) is 201 cm³/mol. The van der Waals surface area contributed by atoms with Gasteiger partial charge in [-0.3, -0.25) is 19.1 Å². The van der Waals surface area contributed by atoms with Crippen LogP contribution in [0.2, 0.25) is 0 Å². The Morgan fingerprint density at radius 3 is 2.56 bits per heavy atom. The number of carbonyl (C=O) groups is 3. The minimum Gasteiger partial charge on any atom is -0.497 e. The van der Waals surface area contributed by atoms with Crippen molar-refractivity contribution in [3.8, 4) is 11.6 Å². The number of benzene rings is 1. The summed E-state index contributed by atoms with van der Waals surface area (Å²) in [5.41, 5.74) is -0.166. The van der Waals surface area contributed by atoms with E-state index in [0.717, 1.165) is 32.1 Å². The van der Waals surface area contributed by atoms with Gasteiger partial charge in [0, 0.05) is 18.4 Å². The van der Waals surface area contributed by atoms with Gasteiger partial charge >= 0.3 is 0 Å². The van der Waals surface area contributed by atoms with E-state index in [1.165, 1.54) is 11.0 Å². The third kappa shape index (κ3) is 7.87. The SMILES string of the molecule is C=C[C@@H]1C[C@]1(NC(=O)[C@@H]1C[C@@H]2CN1C(=O)[C@H](C(C)(C)C)NC(=C)O[C@@H]1C[C@H]1CCCCCc1nc3ccc(OC)cc3nc1O2)C(=O)NS(=O)(=O)C1CC1. The summed E-state index contributed by atoms with van der Waals surface area (Å²) in [7, 11) is -2.29. The molecule has 0 spiro atoms. The summed E-state index contributed by atoms with van der Waals surface area (Å²) < 4.78 is 45.9. The van der Waals surface area contributed by atoms with E-state index in [0.29, 0.717) is 59.4 Å². The fraction of sp³-hybridized carbons (Fsp3) is 0.615. The minimum absolute atomic E-state index is 0.0278. The molecule has 1 aromatic heterocycles. The molecule has 14 nitrogen and oxygen atoms in total. The summed E-state index contributed by atoms with van der Waals surface area (Å²) >= 11 is 0. The Labute approximate surface area is 316 Å². The standard InChI is InChI=1S/C39H52N6O8S/c1-7-24-20-39(24,37(48)44-54(49,50)27-14-15-27)43-34(46)31-19-26-21-45(31)36(47)33(38(3,4)5)40-22(2)52-32-17-23(32)11-9-8-10-12-29-35(53-26)42-30-18-25(51-6)13-16-28(30)41-29/h7,13,16,18,23-24,26-27,31-33,40H,1-2,8-12,14-15,17,19-21H2,3-6H3,(H,43,46)(H,44,48)/t23-,24-,26-,31+,32-,33-,39-/m1/s1. The maximum atomic E-state index is 14.7. The number of aryl methyl sites for hydroxylation is 1. The molecule has 3 N–H and O–H groups in total. The van der Waals surface area contributed by atoms with E-state index in [1.807, 2.05) is 32.9 Å². The molecule has 1 aromatic carbocycles. The smallest absolute Gasteiger partial charge is 0.259 e. The molecule has 3 saturated carbocycles. The van der Waals surface area contributed by atoms with E-state index in [2.05, 4.69) is 28.5 Å². The first-order valence-corrected chi connectivity index (χ1v) is 20.6. The Hall–Kier alpha value is -4.40. The second kappa shape index (κ2) is 14.3. The second-order valence-electron chi connectivity index (χ2n) is 16.6. The number of rotatable bonds is 7. The van der Waals surface area contributed by atoms with Crippen LogP contribution in [-0.2, 0) is 35.6 Å². The summed E-state index contributed by atoms with van der Waals surface area (Å²) in [6, 6.07) is 3.59. The molecule has 2 aliphatic heterocycles. The van der Waals surface area contributed by atoms with E-state index >= 15 is 0 Å². The van der Waals surface area contributed by atoms with Gasteiger partial charge in [-0.1, -0.05) is 39.7 Å². The number of nitrogens with one attached hydrogen (secondary N) is 3. The zero-order valence-electron chi connectivity index (χ0n) is 31.6. The van der Waals surface area contributed by atoms with Gasteiger partial charge in [-0.15, -0.1) is 6.58 Å². The molecule has 2 bridgehead atoms. The Bertz CT molecular complexity index is 1960. The molecule has 0 unspecified atom stereocenters. The van der Waals surface area contributed by atoms with Crippen LogP contribution in [0.1, 0.15) is 84.3 Å². The number of carbonyl (C=O) groups excluding carboxylic acids is 3. The van der Waals surface area contributed by atoms with Gasteiger partial charge in [0.15, 0.2) is 5.88 Å². The molecule has 292 valence electrons. The molecule has 3 amide bonds. The number of aromatic nitrogens is 2. The number of hydrogen-bond donors (Lipinski definition) is 3. The van der Waals surface area contributed by atoms with Crippen LogP contribution in [0.15, 0.2) is 43.3 Å². The lowest BCUT2D eigenvalue weighted by atomic mass is 9.85. The molecule has 3 heterocycles. The zero-order chi connectivity index (χ0) is 38.6. The Kier molecular flexibility index (Phi) is 10.1. The van der Waals surface area contributed by atoms with E-state index in [9.17, 15) is 22.8 Å². The molecule has 15 heteroatoms. The number of sulfonamides is 1. The van der Waals surface area contributed by atoms with E-state index in [-0.39, 0.29) is 31.4 Å². The van der Waals surface area contributed by atoms with Gasteiger partial charge in [-0.25, -0.2) is 18.4 Å². The highest BCUT2D eigenvalue weighted by molar-refractivity contribution is 7.91. The third-order valence-electron chi connectivity index (χ3n) is 11.3. The van der Waals surface area contributed by atoms with Crippen molar-refractivity contribution >= 4 is 38.8 Å². The molecule has 3 aliphatic carbocycles. The second-order valence-corrected chi connectivity index (χ2v) is 18.6. The summed E-state index contributed by atoms with van der Waals surface area (Å²) in [6.07, 6.45) is 7.60. The van der Waals surface area contributed by atoms with Crippen molar-refractivity contribution in [1.29, 1.82) is 0 Å². The van der Waals surface area contributed by atoms with Crippen LogP contribution in [0.25, 0.3) is 11.0 Å². The van der Waals surface area contributed by atoms with Crippen LogP contribution in [0.3, 0.4) is 0 Å². The lowest BCUT2D eigenvalue weighted by Gasteiger charge is -2.36. The van der Waals surface area contributed by atoms with Crippen molar-refractivity contribution in [3.63, 3.8) is 0 Å². The normalized spacial score (nSPS) is 30.3. The molecule has 0 radical (unpaired) electrons. The topological polar surface area (TPSA) is 178 Å². The van der Waals surface area contributed by atoms with Crippen LogP contribution < -0.4 is 24.8 Å². The maximum Gasteiger partial charge on any atom is 0.259 e. The first-order valence-electron chi connectivity index (χ1n) is 19.1. The van der Waals surface area contributed by atoms with Gasteiger partial charge in [0.25, 0.3) is 5.91 Å². The van der Waals surface area contributed by atoms with Crippen molar-refractivity contribution in [1.82, 2.24) is 30.2 Å². The molecule has 54 heavy (non-hydrogen) atoms. The summed E-state index contributed by atoms with van der Waals surface area (Å²) in [5.74, 6) is -0.583. The van der Waals surface area contributed by atoms with E-state index in [4.69, 9.17) is 24.2 Å². The number of nitrogens with zero attached hydrogens (tertiary/aromatic N) is 3. The van der Waals surface area contributed by atoms with Gasteiger partial charge in [0.1, 0.15) is 41.3 Å². The quantitative estimate of drug-likeness (QED) is 0.351. The maximum absolute atomic E-state index is 14.7. The Morgan fingerprint density at radius 1 is 1.09 bits per heavy atom. The summed E-state index contributed by atoms with van der Waals surface area (Å²) in [5, 5.41) is 5.48. The number of amides is 3. The largest absolute Gasteiger partial charge is 0.497 e. The fourth-order valence-corrected chi connectivity index (χ4v) is 9.09. The van der Waals surface area contributed by atoms with Crippen LogP contribution in [0, 0.1) is 17.3 Å². The zero-order valence-corrected chi connectivity index (χ0v) is 32.4. The molecular formula is C39H52N6O8S. The highest BCUT2D eigenvalue weighted by Crippen LogP contribution is 2.46. The average molecular weight is 765 g/mol. The van der Waals surface area contributed by atoms with Gasteiger partial charge in [0.05, 0.1) is 29.9 Å². The minimum atomic E-state index is -3.88. The number of ether oxygens (including phenoxy) is 3. The average Bonchev–Trinajstić information content (AvgIpc) is 4.04. The van der Waals surface area contributed by atoms with Crippen LogP contribution in [0.5, 0.6) is 11.6 Å². The Morgan fingerprint density at radius 2 is 1.87 bits per heavy atom. The first kappa shape index (κ1) is 37.9. The number of hydrogen-bond acceptors (Lipinski definition) is 11. The lowest BCUT2D eigenvalue weighted by Crippen LogP contribution is -2.59. The molecule has 7 atom stereocenters. The van der Waals surface area contributed by atoms with Gasteiger partial charge in [-0.2, -0.15) is 0 Å². The molecule has 4 fully saturated rings. The van der Waals surface area contributed by atoms with Gasteiger partial charge in [-0.05, 0) is 75.0 Å². The lowest BCUT2D eigenvalue weighted by molar-refractivity contribution is -0.143. The van der Waals surface area contributed by atoms with Crippen molar-refractivity contribution in [2.24, 2.45) is 17.3 Å². The van der Waals surface area contributed by atoms with E-state index < -0.39 is 62.1 Å². The predicted octanol–water partition coefficient (Wildman–Crippen LogP) is 3.65. The van der Waals surface area contributed by atoms with Crippen molar-refractivity contribution in [2.75, 3.05) is 13.7 Å². The highest BCUT2D eigenvalue weighted by atomic mass is 32.2. The molecule has 2 aromatic rings. The number of fused-ring (bicyclic) bond motifs is 5. The first-order chi connectivity index (χ1) is 25.6. The highest BCUT2D eigenvalue weighted by Gasteiger charge is 2.62. The van der Waals surface area contributed by atoms with Crippen LogP contribution in [0.4, 0.5) is 0 Å². The van der Waals surface area contributed by atoms with Gasteiger partial charge < -0.3 is 29.7 Å². The van der Waals surface area contributed by atoms with Crippen molar-refractivity contribution in [3.05, 3.63) is 49.0 Å². The fourth-order valence-electron chi connectivity index (χ4n) is 7.73. The molecule has 7 rings (SSSR count). The van der Waals surface area contributed by atoms with Crippen LogP contribution in [-0.4, -0.2) is 89.7 Å². The van der Waals surface area contributed by atoms with Gasteiger partial charge in [0.2, 0.25) is 27.7 Å². The summed E-state index contributed by atoms with van der Waals surface area (Å²) in [6.45, 7) is 13.7. The molecule has 1 saturated heterocycles. The van der Waals surface area contributed by atoms with Crippen LogP contribution >= 0.6 is 0 Å². The summed E-state index contributed by atoms with van der Waals surface area (Å²) in [4.78, 5) is 54.0. The molecule has 5 aliphatic rings. The monoisotopic (exact) mass is 764 g/mol. The Balaban J connectivity index is 1.22. The van der Waals surface area contributed by atoms with Crippen molar-refractivity contribution < 1.29 is 37.0 Å². The molecular weight excluding hydrogens is 713 g/mol. The van der Waals surface area contributed by atoms with E-state index in [1.54, 1.807) is 13.2 Å². The third-order valence-corrected chi connectivity index (χ3v) is 13.2. The number of methoxy groups -OCH3 is 1. The van der Waals surface area contributed by atoms with Crippen molar-refractivity contribution in [2.45, 2.75) is 120 Å².